The monoisotopic (exact) mass is 500 g/mol. The van der Waals surface area contributed by atoms with Gasteiger partial charge in [-0.15, -0.1) is 0 Å². The Morgan fingerprint density at radius 3 is 1.38 bits per heavy atom. The van der Waals surface area contributed by atoms with Gasteiger partial charge in [0, 0.05) is 24.5 Å². The minimum absolute atomic E-state index is 0.113. The lowest BCUT2D eigenvalue weighted by atomic mass is 9.89. The number of hydrogen-bond donors (Lipinski definition) is 4. The first-order valence-corrected chi connectivity index (χ1v) is 14.3. The average Bonchev–Trinajstić information content (AvgIpc) is 3.71. The SMILES string of the molecule is O=C(NC[C@@H]1C[C@@H]2CC[C@@H]1C2)Nc1ccc(Cc2ccc(NC(=O)NC[C@@H]3C[C@H]4CC[C@@H]3C4)cc2)cc1. The lowest BCUT2D eigenvalue weighted by Crippen LogP contribution is -2.34. The number of urea groups is 2. The van der Waals surface area contributed by atoms with Crippen molar-refractivity contribution in [2.75, 3.05) is 23.7 Å². The minimum atomic E-state index is -0.113. The molecule has 0 aromatic heterocycles. The van der Waals surface area contributed by atoms with Crippen LogP contribution in [0.2, 0.25) is 0 Å². The number of carbonyl (C=O) groups excluding carboxylic acids is 2. The maximum absolute atomic E-state index is 12.3. The van der Waals surface area contributed by atoms with Crippen LogP contribution in [0.5, 0.6) is 0 Å². The van der Waals surface area contributed by atoms with Gasteiger partial charge in [-0.2, -0.15) is 0 Å². The molecule has 0 aliphatic heterocycles. The van der Waals surface area contributed by atoms with Gasteiger partial charge in [0.15, 0.2) is 0 Å². The van der Waals surface area contributed by atoms with Crippen molar-refractivity contribution in [3.63, 3.8) is 0 Å². The maximum Gasteiger partial charge on any atom is 0.319 e. The highest BCUT2D eigenvalue weighted by Gasteiger charge is 2.40. The molecule has 4 aliphatic carbocycles. The third-order valence-electron chi connectivity index (χ3n) is 9.65. The minimum Gasteiger partial charge on any atom is -0.338 e. The molecule has 0 heterocycles. The predicted octanol–water partition coefficient (Wildman–Crippen LogP) is 6.39. The number of fused-ring (bicyclic) bond motifs is 4. The number of nitrogens with one attached hydrogen (secondary N) is 4. The average molecular weight is 501 g/mol. The Morgan fingerprint density at radius 1 is 0.595 bits per heavy atom. The first-order chi connectivity index (χ1) is 18.1. The van der Waals surface area contributed by atoms with Crippen LogP contribution in [0.15, 0.2) is 48.5 Å². The van der Waals surface area contributed by atoms with Crippen LogP contribution in [0.1, 0.15) is 62.5 Å². The summed E-state index contributed by atoms with van der Waals surface area (Å²) in [7, 11) is 0. The standard InChI is InChI=1S/C31H40N4O2/c36-30(32-18-26-16-22-1-7-24(26)14-22)34-28-9-3-20(4-10-28)13-21-5-11-29(12-6-21)35-31(37)33-19-27-17-23-2-8-25(27)15-23/h3-6,9-12,22-27H,1-2,7-8,13-19H2,(H2,32,34,36)(H2,33,35,37)/t22-,23+,24-,25-,26+,27+/m1/s1. The van der Waals surface area contributed by atoms with Crippen LogP contribution in [0.25, 0.3) is 0 Å². The van der Waals surface area contributed by atoms with Crippen LogP contribution in [-0.2, 0) is 6.42 Å². The number of rotatable bonds is 8. The van der Waals surface area contributed by atoms with Crippen LogP contribution >= 0.6 is 0 Å². The molecule has 4 saturated carbocycles. The summed E-state index contributed by atoms with van der Waals surface area (Å²) in [5, 5.41) is 12.1. The van der Waals surface area contributed by atoms with Crippen LogP contribution < -0.4 is 21.3 Å². The number of carbonyl (C=O) groups is 2. The molecular weight excluding hydrogens is 460 g/mol. The molecule has 4 aliphatic rings. The van der Waals surface area contributed by atoms with Gasteiger partial charge in [0.1, 0.15) is 0 Å². The van der Waals surface area contributed by atoms with Gasteiger partial charge in [0.2, 0.25) is 0 Å². The Bertz CT molecular complexity index is 1010. The molecule has 0 spiro atoms. The molecule has 0 radical (unpaired) electrons. The molecule has 0 unspecified atom stereocenters. The lowest BCUT2D eigenvalue weighted by Gasteiger charge is -2.21. The van der Waals surface area contributed by atoms with Gasteiger partial charge in [-0.25, -0.2) is 9.59 Å². The molecule has 196 valence electrons. The number of amides is 4. The van der Waals surface area contributed by atoms with Gasteiger partial charge < -0.3 is 21.3 Å². The second-order valence-corrected chi connectivity index (χ2v) is 12.1. The molecule has 6 heteroatoms. The van der Waals surface area contributed by atoms with Gasteiger partial charge in [-0.1, -0.05) is 37.1 Å². The zero-order valence-corrected chi connectivity index (χ0v) is 21.7. The van der Waals surface area contributed by atoms with E-state index in [9.17, 15) is 9.59 Å². The summed E-state index contributed by atoms with van der Waals surface area (Å²) in [6, 6.07) is 15.8. The molecule has 0 saturated heterocycles. The van der Waals surface area contributed by atoms with E-state index in [0.29, 0.717) is 11.8 Å². The molecular formula is C31H40N4O2. The quantitative estimate of drug-likeness (QED) is 0.339. The van der Waals surface area contributed by atoms with Crippen molar-refractivity contribution in [2.45, 2.75) is 57.8 Å². The summed E-state index contributed by atoms with van der Waals surface area (Å²) in [6.45, 7) is 1.58. The van der Waals surface area contributed by atoms with E-state index in [4.69, 9.17) is 0 Å². The molecule has 4 fully saturated rings. The first kappa shape index (κ1) is 24.3. The molecule has 2 aromatic rings. The Hall–Kier alpha value is -3.02. The topological polar surface area (TPSA) is 82.3 Å². The molecule has 2 aromatic carbocycles. The van der Waals surface area contributed by atoms with Crippen molar-refractivity contribution in [1.82, 2.24) is 10.6 Å². The van der Waals surface area contributed by atoms with Gasteiger partial charge in [-0.3, -0.25) is 0 Å². The van der Waals surface area contributed by atoms with E-state index in [1.807, 2.05) is 24.3 Å². The molecule has 37 heavy (non-hydrogen) atoms. The molecule has 4 amide bonds. The lowest BCUT2D eigenvalue weighted by molar-refractivity contribution is 0.245. The van der Waals surface area contributed by atoms with Gasteiger partial charge in [-0.05, 0) is 116 Å². The van der Waals surface area contributed by atoms with E-state index in [-0.39, 0.29) is 12.1 Å². The van der Waals surface area contributed by atoms with Crippen LogP contribution in [0, 0.1) is 35.5 Å². The van der Waals surface area contributed by atoms with Crippen molar-refractivity contribution in [2.24, 2.45) is 35.5 Å². The highest BCUT2D eigenvalue weighted by atomic mass is 16.2. The zero-order chi connectivity index (χ0) is 25.2. The van der Waals surface area contributed by atoms with Crippen LogP contribution in [0.4, 0.5) is 21.0 Å². The molecule has 6 nitrogen and oxygen atoms in total. The molecule has 6 rings (SSSR count). The fourth-order valence-electron chi connectivity index (χ4n) is 7.70. The fraction of sp³-hybridized carbons (Fsp3) is 0.548. The summed E-state index contributed by atoms with van der Waals surface area (Å²) in [5.74, 6) is 4.78. The Morgan fingerprint density at radius 2 is 1.03 bits per heavy atom. The van der Waals surface area contributed by atoms with Crippen molar-refractivity contribution in [3.8, 4) is 0 Å². The van der Waals surface area contributed by atoms with Crippen molar-refractivity contribution in [1.29, 1.82) is 0 Å². The summed E-state index contributed by atoms with van der Waals surface area (Å²) in [6.07, 6.45) is 11.6. The molecule has 6 atom stereocenters. The van der Waals surface area contributed by atoms with Gasteiger partial charge >= 0.3 is 12.1 Å². The largest absolute Gasteiger partial charge is 0.338 e. The summed E-state index contributed by atoms with van der Waals surface area (Å²) in [5.41, 5.74) is 3.98. The van der Waals surface area contributed by atoms with Crippen molar-refractivity contribution < 1.29 is 9.59 Å². The Labute approximate surface area is 220 Å². The van der Waals surface area contributed by atoms with Crippen molar-refractivity contribution >= 4 is 23.4 Å². The van der Waals surface area contributed by atoms with Gasteiger partial charge in [0.25, 0.3) is 0 Å². The normalized spacial score (nSPS) is 29.3. The summed E-state index contributed by atoms with van der Waals surface area (Å²) in [4.78, 5) is 24.7. The van der Waals surface area contributed by atoms with Gasteiger partial charge in [0.05, 0.1) is 0 Å². The zero-order valence-electron chi connectivity index (χ0n) is 21.7. The van der Waals surface area contributed by atoms with E-state index < -0.39 is 0 Å². The maximum atomic E-state index is 12.3. The third-order valence-corrected chi connectivity index (χ3v) is 9.65. The number of hydrogen-bond acceptors (Lipinski definition) is 2. The summed E-state index contributed by atoms with van der Waals surface area (Å²) >= 11 is 0. The predicted molar refractivity (Wildman–Crippen MR) is 148 cm³/mol. The molecule has 4 bridgehead atoms. The van der Waals surface area contributed by atoms with E-state index in [1.165, 1.54) is 62.5 Å². The summed E-state index contributed by atoms with van der Waals surface area (Å²) < 4.78 is 0. The number of anilines is 2. The third kappa shape index (κ3) is 5.94. The Kier molecular flexibility index (Phi) is 7.08. The van der Waals surface area contributed by atoms with Crippen molar-refractivity contribution in [3.05, 3.63) is 59.7 Å². The van der Waals surface area contributed by atoms with E-state index >= 15 is 0 Å². The first-order valence-electron chi connectivity index (χ1n) is 14.3. The van der Waals surface area contributed by atoms with E-state index in [0.717, 1.165) is 54.6 Å². The smallest absolute Gasteiger partial charge is 0.319 e. The highest BCUT2D eigenvalue weighted by molar-refractivity contribution is 5.89. The second kappa shape index (κ2) is 10.8. The Balaban J connectivity index is 0.917. The number of benzene rings is 2. The van der Waals surface area contributed by atoms with Crippen LogP contribution in [0.3, 0.4) is 0 Å². The molecule has 4 N–H and O–H groups in total. The van der Waals surface area contributed by atoms with E-state index in [2.05, 4.69) is 45.5 Å². The fourth-order valence-corrected chi connectivity index (χ4v) is 7.70. The van der Waals surface area contributed by atoms with Crippen LogP contribution in [-0.4, -0.2) is 25.2 Å². The second-order valence-electron chi connectivity index (χ2n) is 12.1. The van der Waals surface area contributed by atoms with E-state index in [1.54, 1.807) is 0 Å². The highest BCUT2D eigenvalue weighted by Crippen LogP contribution is 2.48.